The van der Waals surface area contributed by atoms with Crippen LogP contribution in [0.15, 0.2) is 53.0 Å². The molecule has 1 fully saturated rings. The van der Waals surface area contributed by atoms with Crippen molar-refractivity contribution < 1.29 is 28.7 Å². The summed E-state index contributed by atoms with van der Waals surface area (Å²) < 4.78 is 11.8. The molecule has 9 heteroatoms. The molecule has 0 aromatic heterocycles. The molecule has 2 amide bonds. The largest absolute Gasteiger partial charge is 0.458 e. The van der Waals surface area contributed by atoms with Gasteiger partial charge in [0.1, 0.15) is 6.10 Å². The topological polar surface area (TPSA) is 111 Å². The van der Waals surface area contributed by atoms with E-state index in [4.69, 9.17) is 9.47 Å². The lowest BCUT2D eigenvalue weighted by Crippen LogP contribution is -2.43. The first-order chi connectivity index (χ1) is 17.2. The zero-order valence-electron chi connectivity index (χ0n) is 20.6. The molecule has 2 aromatic rings. The van der Waals surface area contributed by atoms with Crippen LogP contribution in [0.4, 0.5) is 0 Å². The summed E-state index contributed by atoms with van der Waals surface area (Å²) in [7, 11) is 0. The van der Waals surface area contributed by atoms with Crippen LogP contribution >= 0.6 is 15.9 Å². The van der Waals surface area contributed by atoms with Crippen molar-refractivity contribution in [3.63, 3.8) is 0 Å². The number of nitrogens with one attached hydrogen (secondary N) is 2. The highest BCUT2D eigenvalue weighted by molar-refractivity contribution is 9.10. The Balaban J connectivity index is 1.56. The number of amides is 2. The van der Waals surface area contributed by atoms with Crippen molar-refractivity contribution in [1.82, 2.24) is 10.9 Å². The number of benzene rings is 2. The van der Waals surface area contributed by atoms with Crippen LogP contribution in [-0.2, 0) is 14.3 Å². The summed E-state index contributed by atoms with van der Waals surface area (Å²) in [5.74, 6) is -1.58. The van der Waals surface area contributed by atoms with Gasteiger partial charge < -0.3 is 9.47 Å². The van der Waals surface area contributed by atoms with Gasteiger partial charge in [-0.2, -0.15) is 0 Å². The predicted molar refractivity (Wildman–Crippen MR) is 137 cm³/mol. The maximum absolute atomic E-state index is 13.0. The average molecular weight is 559 g/mol. The van der Waals surface area contributed by atoms with Crippen LogP contribution < -0.4 is 10.9 Å². The lowest BCUT2D eigenvalue weighted by Gasteiger charge is -2.36. The maximum Gasteiger partial charge on any atom is 0.339 e. The molecule has 0 spiro atoms. The molecule has 0 unspecified atom stereocenters. The fraction of sp³-hybridized carbons (Fsp3) is 0.407. The Hall–Kier alpha value is -3.20. The van der Waals surface area contributed by atoms with E-state index in [1.165, 1.54) is 12.1 Å². The monoisotopic (exact) mass is 558 g/mol. The predicted octanol–water partition coefficient (Wildman–Crippen LogP) is 4.68. The van der Waals surface area contributed by atoms with E-state index in [1.807, 2.05) is 0 Å². The van der Waals surface area contributed by atoms with E-state index >= 15 is 0 Å². The van der Waals surface area contributed by atoms with Gasteiger partial charge in [-0.25, -0.2) is 9.59 Å². The van der Waals surface area contributed by atoms with Gasteiger partial charge in [-0.15, -0.1) is 0 Å². The molecule has 8 nitrogen and oxygen atoms in total. The molecule has 0 bridgehead atoms. The summed E-state index contributed by atoms with van der Waals surface area (Å²) in [6, 6.07) is 12.8. The number of ether oxygens (including phenoxy) is 2. The van der Waals surface area contributed by atoms with Gasteiger partial charge in [0.25, 0.3) is 11.8 Å². The minimum atomic E-state index is -0.839. The van der Waals surface area contributed by atoms with Crippen LogP contribution in [-0.4, -0.2) is 36.5 Å². The quantitative estimate of drug-likeness (QED) is 0.377. The third-order valence-corrected chi connectivity index (χ3v) is 6.87. The van der Waals surface area contributed by atoms with Crippen LogP contribution in [0, 0.1) is 17.8 Å². The Labute approximate surface area is 219 Å². The van der Waals surface area contributed by atoms with Crippen molar-refractivity contribution in [3.8, 4) is 0 Å². The van der Waals surface area contributed by atoms with Crippen LogP contribution in [0.2, 0.25) is 0 Å². The van der Waals surface area contributed by atoms with Crippen molar-refractivity contribution in [2.75, 3.05) is 6.61 Å². The first kappa shape index (κ1) is 27.4. The minimum absolute atomic E-state index is 0.0131. The fourth-order valence-electron chi connectivity index (χ4n) is 4.34. The molecule has 0 saturated heterocycles. The lowest BCUT2D eigenvalue weighted by molar-refractivity contribution is -0.125. The van der Waals surface area contributed by atoms with E-state index in [1.54, 1.807) is 36.4 Å². The molecule has 1 aliphatic rings. The lowest BCUT2D eigenvalue weighted by atomic mass is 9.75. The molecule has 2 aromatic carbocycles. The molecule has 1 aliphatic carbocycles. The Morgan fingerprint density at radius 1 is 0.944 bits per heavy atom. The Kier molecular flexibility index (Phi) is 9.64. The molecule has 0 aliphatic heterocycles. The van der Waals surface area contributed by atoms with Crippen molar-refractivity contribution in [1.29, 1.82) is 0 Å². The van der Waals surface area contributed by atoms with Gasteiger partial charge in [0.15, 0.2) is 6.61 Å². The average Bonchev–Trinajstić information content (AvgIpc) is 2.86. The second kappa shape index (κ2) is 12.7. The Morgan fingerprint density at radius 2 is 1.58 bits per heavy atom. The van der Waals surface area contributed by atoms with Crippen LogP contribution in [0.5, 0.6) is 0 Å². The minimum Gasteiger partial charge on any atom is -0.458 e. The van der Waals surface area contributed by atoms with Gasteiger partial charge in [0.05, 0.1) is 11.1 Å². The summed E-state index contributed by atoms with van der Waals surface area (Å²) in [6.07, 6.45) is 2.66. The highest BCUT2D eigenvalue weighted by atomic mass is 79.9. The smallest absolute Gasteiger partial charge is 0.339 e. The molecule has 1 saturated carbocycles. The van der Waals surface area contributed by atoms with Crippen LogP contribution in [0.25, 0.3) is 0 Å². The van der Waals surface area contributed by atoms with E-state index in [9.17, 15) is 19.2 Å². The van der Waals surface area contributed by atoms with Gasteiger partial charge in [0.2, 0.25) is 0 Å². The molecular formula is C27H31BrN2O6. The molecule has 0 heterocycles. The maximum atomic E-state index is 13.0. The zero-order chi connectivity index (χ0) is 26.2. The van der Waals surface area contributed by atoms with Gasteiger partial charge >= 0.3 is 11.9 Å². The Bertz CT molecular complexity index is 1100. The van der Waals surface area contributed by atoms with E-state index < -0.39 is 30.4 Å². The van der Waals surface area contributed by atoms with Gasteiger partial charge in [0, 0.05) is 10.0 Å². The molecule has 192 valence electrons. The number of esters is 2. The molecule has 3 rings (SSSR count). The van der Waals surface area contributed by atoms with Crippen molar-refractivity contribution >= 4 is 39.7 Å². The number of carbonyl (C=O) groups excluding carboxylic acids is 4. The molecular weight excluding hydrogens is 528 g/mol. The number of hydrogen-bond donors (Lipinski definition) is 2. The summed E-state index contributed by atoms with van der Waals surface area (Å²) in [5, 5.41) is 0. The van der Waals surface area contributed by atoms with E-state index in [0.29, 0.717) is 17.4 Å². The molecule has 2 N–H and O–H groups in total. The number of hydrazine groups is 1. The second-order valence-electron chi connectivity index (χ2n) is 9.40. The van der Waals surface area contributed by atoms with Crippen molar-refractivity contribution in [3.05, 3.63) is 69.7 Å². The zero-order valence-corrected chi connectivity index (χ0v) is 22.2. The van der Waals surface area contributed by atoms with Gasteiger partial charge in [-0.1, -0.05) is 55.3 Å². The number of carbonyl (C=O) groups is 4. The highest BCUT2D eigenvalue weighted by Crippen LogP contribution is 2.35. The SMILES string of the molecule is CC(C)[C@@H]1CC[C@@H](C)C[C@H]1OC(=O)c1ccccc1C(=O)OCC(=O)NNC(=O)c1ccc(Br)cc1. The first-order valence-corrected chi connectivity index (χ1v) is 12.8. The fourth-order valence-corrected chi connectivity index (χ4v) is 4.60. The summed E-state index contributed by atoms with van der Waals surface area (Å²) in [4.78, 5) is 49.9. The first-order valence-electron chi connectivity index (χ1n) is 12.0. The summed E-state index contributed by atoms with van der Waals surface area (Å²) in [6.45, 7) is 5.76. The molecule has 0 radical (unpaired) electrons. The number of rotatable bonds is 7. The Morgan fingerprint density at radius 3 is 2.22 bits per heavy atom. The standard InChI is InChI=1S/C27H31BrN2O6/c1-16(2)20-13-8-17(3)14-23(20)36-27(34)22-7-5-4-6-21(22)26(33)35-15-24(31)29-30-25(32)18-9-11-19(28)12-10-18/h4-7,9-12,16-17,20,23H,8,13-15H2,1-3H3,(H,29,31)(H,30,32)/t17-,20+,23-/m1/s1. The summed E-state index contributed by atoms with van der Waals surface area (Å²) in [5.41, 5.74) is 4.89. The van der Waals surface area contributed by atoms with E-state index in [-0.39, 0.29) is 23.1 Å². The highest BCUT2D eigenvalue weighted by Gasteiger charge is 2.34. The third-order valence-electron chi connectivity index (χ3n) is 6.34. The van der Waals surface area contributed by atoms with E-state index in [2.05, 4.69) is 47.6 Å². The van der Waals surface area contributed by atoms with Crippen molar-refractivity contribution in [2.45, 2.75) is 46.1 Å². The number of hydrogen-bond acceptors (Lipinski definition) is 6. The van der Waals surface area contributed by atoms with E-state index in [0.717, 1.165) is 23.7 Å². The van der Waals surface area contributed by atoms with Gasteiger partial charge in [-0.3, -0.25) is 20.4 Å². The van der Waals surface area contributed by atoms with Crippen molar-refractivity contribution in [2.24, 2.45) is 17.8 Å². The van der Waals surface area contributed by atoms with Crippen LogP contribution in [0.1, 0.15) is 71.1 Å². The van der Waals surface area contributed by atoms with Crippen LogP contribution in [0.3, 0.4) is 0 Å². The summed E-state index contributed by atoms with van der Waals surface area (Å²) >= 11 is 3.28. The normalized spacial score (nSPS) is 19.3. The number of halogens is 1. The molecule has 36 heavy (non-hydrogen) atoms. The third kappa shape index (κ3) is 7.40. The van der Waals surface area contributed by atoms with Gasteiger partial charge in [-0.05, 0) is 67.0 Å². The second-order valence-corrected chi connectivity index (χ2v) is 10.3. The molecule has 3 atom stereocenters.